The molecule has 1 unspecified atom stereocenters. The van der Waals surface area contributed by atoms with Crippen LogP contribution in [0.4, 0.5) is 0 Å². The second-order valence-electron chi connectivity index (χ2n) is 6.19. The van der Waals surface area contributed by atoms with Crippen LogP contribution in [0.25, 0.3) is 0 Å². The second-order valence-corrected chi connectivity index (χ2v) is 6.19. The van der Waals surface area contributed by atoms with E-state index in [1.807, 2.05) is 0 Å². The molecule has 0 spiro atoms. The molecule has 1 aliphatic rings. The fourth-order valence-electron chi connectivity index (χ4n) is 3.59. The van der Waals surface area contributed by atoms with Crippen LogP contribution in [0.1, 0.15) is 67.6 Å². The van der Waals surface area contributed by atoms with Crippen LogP contribution >= 0.6 is 0 Å². The van der Waals surface area contributed by atoms with Gasteiger partial charge < -0.3 is 5.32 Å². The number of aromatic nitrogens is 1. The standard InChI is InChI=1S/C17H28N2/c1-12-11-13(2)19-15(4)17(12)14(3)18-10-9-16-7-5-6-8-16/h11,14,16,18H,5-10H2,1-4H3. The summed E-state index contributed by atoms with van der Waals surface area (Å²) >= 11 is 0. The number of hydrogen-bond donors (Lipinski definition) is 1. The van der Waals surface area contributed by atoms with E-state index in [0.717, 1.165) is 18.2 Å². The molecule has 0 aromatic carbocycles. The summed E-state index contributed by atoms with van der Waals surface area (Å²) in [6.45, 7) is 9.80. The number of rotatable bonds is 5. The molecule has 1 heterocycles. The Morgan fingerprint density at radius 3 is 2.58 bits per heavy atom. The van der Waals surface area contributed by atoms with Gasteiger partial charge in [-0.05, 0) is 63.8 Å². The lowest BCUT2D eigenvalue weighted by atomic mass is 9.99. The Morgan fingerprint density at radius 1 is 1.26 bits per heavy atom. The molecule has 1 aromatic heterocycles. The first kappa shape index (κ1) is 14.5. The third-order valence-electron chi connectivity index (χ3n) is 4.49. The van der Waals surface area contributed by atoms with E-state index in [9.17, 15) is 0 Å². The van der Waals surface area contributed by atoms with Crippen molar-refractivity contribution in [3.63, 3.8) is 0 Å². The molecule has 1 aromatic rings. The molecule has 0 saturated heterocycles. The van der Waals surface area contributed by atoms with E-state index in [2.05, 4.69) is 44.1 Å². The van der Waals surface area contributed by atoms with Gasteiger partial charge in [0, 0.05) is 17.4 Å². The van der Waals surface area contributed by atoms with Gasteiger partial charge in [-0.25, -0.2) is 0 Å². The zero-order chi connectivity index (χ0) is 13.8. The minimum atomic E-state index is 0.412. The zero-order valence-electron chi connectivity index (χ0n) is 12.9. The predicted molar refractivity (Wildman–Crippen MR) is 81.4 cm³/mol. The number of pyridine rings is 1. The zero-order valence-corrected chi connectivity index (χ0v) is 12.9. The van der Waals surface area contributed by atoms with Crippen molar-refractivity contribution < 1.29 is 0 Å². The fraction of sp³-hybridized carbons (Fsp3) is 0.706. The first-order valence-corrected chi connectivity index (χ1v) is 7.76. The van der Waals surface area contributed by atoms with Gasteiger partial charge in [-0.2, -0.15) is 0 Å². The summed E-state index contributed by atoms with van der Waals surface area (Å²) in [5.41, 5.74) is 5.05. The SMILES string of the molecule is Cc1cc(C)c(C(C)NCCC2CCCC2)c(C)n1. The van der Waals surface area contributed by atoms with Crippen LogP contribution in [0, 0.1) is 26.7 Å². The summed E-state index contributed by atoms with van der Waals surface area (Å²) in [6.07, 6.45) is 7.11. The van der Waals surface area contributed by atoms with Crippen molar-refractivity contribution in [2.24, 2.45) is 5.92 Å². The molecule has 0 aliphatic heterocycles. The molecule has 2 heteroatoms. The van der Waals surface area contributed by atoms with Gasteiger partial charge in [-0.15, -0.1) is 0 Å². The number of nitrogens with one attached hydrogen (secondary N) is 1. The van der Waals surface area contributed by atoms with Crippen LogP contribution in [0.2, 0.25) is 0 Å². The van der Waals surface area contributed by atoms with Gasteiger partial charge in [0.1, 0.15) is 0 Å². The lowest BCUT2D eigenvalue weighted by Gasteiger charge is -2.20. The molecule has 106 valence electrons. The third-order valence-corrected chi connectivity index (χ3v) is 4.49. The predicted octanol–water partition coefficient (Wildman–Crippen LogP) is 4.24. The molecule has 2 nitrogen and oxygen atoms in total. The van der Waals surface area contributed by atoms with E-state index in [1.54, 1.807) is 0 Å². The van der Waals surface area contributed by atoms with Crippen LogP contribution in [-0.4, -0.2) is 11.5 Å². The van der Waals surface area contributed by atoms with Gasteiger partial charge in [0.2, 0.25) is 0 Å². The number of aryl methyl sites for hydroxylation is 3. The summed E-state index contributed by atoms with van der Waals surface area (Å²) in [5, 5.41) is 3.69. The number of hydrogen-bond acceptors (Lipinski definition) is 2. The maximum Gasteiger partial charge on any atom is 0.0426 e. The normalized spacial score (nSPS) is 17.9. The first-order chi connectivity index (χ1) is 9.08. The monoisotopic (exact) mass is 260 g/mol. The molecule has 1 aliphatic carbocycles. The van der Waals surface area contributed by atoms with E-state index in [0.29, 0.717) is 6.04 Å². The van der Waals surface area contributed by atoms with Gasteiger partial charge in [-0.3, -0.25) is 4.98 Å². The summed E-state index contributed by atoms with van der Waals surface area (Å²) in [6, 6.07) is 2.60. The van der Waals surface area contributed by atoms with Gasteiger partial charge in [0.05, 0.1) is 0 Å². The summed E-state index contributed by atoms with van der Waals surface area (Å²) < 4.78 is 0. The van der Waals surface area contributed by atoms with Crippen LogP contribution in [-0.2, 0) is 0 Å². The molecule has 2 rings (SSSR count). The van der Waals surface area contributed by atoms with Crippen molar-refractivity contribution in [1.29, 1.82) is 0 Å². The first-order valence-electron chi connectivity index (χ1n) is 7.76. The summed E-state index contributed by atoms with van der Waals surface area (Å²) in [7, 11) is 0. The van der Waals surface area contributed by atoms with Crippen LogP contribution in [0.5, 0.6) is 0 Å². The lowest BCUT2D eigenvalue weighted by molar-refractivity contribution is 0.453. The van der Waals surface area contributed by atoms with Crippen molar-refractivity contribution in [3.8, 4) is 0 Å². The second kappa shape index (κ2) is 6.51. The van der Waals surface area contributed by atoms with Gasteiger partial charge in [0.25, 0.3) is 0 Å². The smallest absolute Gasteiger partial charge is 0.0426 e. The Kier molecular flexibility index (Phi) is 4.98. The maximum absolute atomic E-state index is 4.60. The molecular weight excluding hydrogens is 232 g/mol. The Balaban J connectivity index is 1.90. The van der Waals surface area contributed by atoms with Crippen LogP contribution in [0.3, 0.4) is 0 Å². The average Bonchev–Trinajstić information content (AvgIpc) is 2.80. The molecule has 1 fully saturated rings. The molecule has 1 atom stereocenters. The Morgan fingerprint density at radius 2 is 1.95 bits per heavy atom. The highest BCUT2D eigenvalue weighted by molar-refractivity contribution is 5.33. The fourth-order valence-corrected chi connectivity index (χ4v) is 3.59. The molecule has 0 radical (unpaired) electrons. The average molecular weight is 260 g/mol. The quantitative estimate of drug-likeness (QED) is 0.856. The van der Waals surface area contributed by atoms with Gasteiger partial charge in [-0.1, -0.05) is 25.7 Å². The lowest BCUT2D eigenvalue weighted by Crippen LogP contribution is -2.23. The van der Waals surface area contributed by atoms with E-state index >= 15 is 0 Å². The molecular formula is C17H28N2. The van der Waals surface area contributed by atoms with Gasteiger partial charge >= 0.3 is 0 Å². The van der Waals surface area contributed by atoms with Crippen molar-refractivity contribution >= 4 is 0 Å². The Bertz CT molecular complexity index is 396. The van der Waals surface area contributed by atoms with Crippen molar-refractivity contribution in [1.82, 2.24) is 10.3 Å². The van der Waals surface area contributed by atoms with E-state index in [4.69, 9.17) is 0 Å². The summed E-state index contributed by atoms with van der Waals surface area (Å²) in [4.78, 5) is 4.60. The maximum atomic E-state index is 4.60. The van der Waals surface area contributed by atoms with E-state index < -0.39 is 0 Å². The van der Waals surface area contributed by atoms with E-state index in [-0.39, 0.29) is 0 Å². The van der Waals surface area contributed by atoms with Crippen molar-refractivity contribution in [3.05, 3.63) is 28.6 Å². The van der Waals surface area contributed by atoms with Crippen LogP contribution < -0.4 is 5.32 Å². The summed E-state index contributed by atoms with van der Waals surface area (Å²) in [5.74, 6) is 0.970. The minimum Gasteiger partial charge on any atom is -0.310 e. The van der Waals surface area contributed by atoms with Crippen LogP contribution in [0.15, 0.2) is 6.07 Å². The van der Waals surface area contributed by atoms with E-state index in [1.165, 1.54) is 48.9 Å². The van der Waals surface area contributed by atoms with Crippen molar-refractivity contribution in [2.75, 3.05) is 6.54 Å². The Labute approximate surface area is 118 Å². The largest absolute Gasteiger partial charge is 0.310 e. The number of nitrogens with zero attached hydrogens (tertiary/aromatic N) is 1. The topological polar surface area (TPSA) is 24.9 Å². The highest BCUT2D eigenvalue weighted by atomic mass is 14.9. The van der Waals surface area contributed by atoms with Gasteiger partial charge in [0.15, 0.2) is 0 Å². The molecule has 19 heavy (non-hydrogen) atoms. The molecule has 1 N–H and O–H groups in total. The molecule has 0 bridgehead atoms. The molecule has 0 amide bonds. The molecule has 1 saturated carbocycles. The van der Waals surface area contributed by atoms with Crippen molar-refractivity contribution in [2.45, 2.75) is 65.8 Å². The third kappa shape index (κ3) is 3.79. The minimum absolute atomic E-state index is 0.412. The Hall–Kier alpha value is -0.890. The highest BCUT2D eigenvalue weighted by Crippen LogP contribution is 2.27. The highest BCUT2D eigenvalue weighted by Gasteiger charge is 2.16.